The quantitative estimate of drug-likeness (QED) is 0.707. The van der Waals surface area contributed by atoms with Crippen molar-refractivity contribution < 1.29 is 0 Å². The van der Waals surface area contributed by atoms with Crippen LogP contribution in [0.2, 0.25) is 0 Å². The van der Waals surface area contributed by atoms with Gasteiger partial charge in [-0.15, -0.1) is 11.6 Å². The lowest BCUT2D eigenvalue weighted by atomic mass is 9.88. The molecule has 1 aromatic heterocycles. The van der Waals surface area contributed by atoms with Gasteiger partial charge in [-0.2, -0.15) is 5.10 Å². The van der Waals surface area contributed by atoms with Crippen molar-refractivity contribution in [3.63, 3.8) is 0 Å². The van der Waals surface area contributed by atoms with Gasteiger partial charge in [0.2, 0.25) is 0 Å². The fourth-order valence-corrected chi connectivity index (χ4v) is 2.66. The summed E-state index contributed by atoms with van der Waals surface area (Å²) in [4.78, 5) is 0. The van der Waals surface area contributed by atoms with Crippen LogP contribution in [0.25, 0.3) is 10.9 Å². The lowest BCUT2D eigenvalue weighted by molar-refractivity contribution is 0.368. The number of benzene rings is 1. The maximum absolute atomic E-state index is 6.45. The van der Waals surface area contributed by atoms with Gasteiger partial charge in [-0.3, -0.25) is 4.68 Å². The number of hydrogen-bond acceptors (Lipinski definition) is 1. The van der Waals surface area contributed by atoms with Crippen LogP contribution in [-0.4, -0.2) is 15.2 Å². The Hall–Kier alpha value is -1.02. The van der Waals surface area contributed by atoms with Gasteiger partial charge < -0.3 is 0 Å². The van der Waals surface area contributed by atoms with E-state index < -0.39 is 0 Å². The normalized spacial score (nSPS) is 13.8. The molecule has 0 radical (unpaired) electrons. The highest BCUT2D eigenvalue weighted by Gasteiger charge is 2.21. The fraction of sp³-hybridized carbons (Fsp3) is 0.588. The Morgan fingerprint density at radius 3 is 2.60 bits per heavy atom. The molecule has 0 aliphatic heterocycles. The molecule has 3 heteroatoms. The van der Waals surface area contributed by atoms with Crippen LogP contribution in [-0.2, 0) is 13.0 Å². The largest absolute Gasteiger partial charge is 0.265 e. The van der Waals surface area contributed by atoms with Crippen LogP contribution in [0.15, 0.2) is 24.3 Å². The number of fused-ring (bicyclic) bond motifs is 1. The molecule has 1 atom stereocenters. The number of hydrogen-bond donors (Lipinski definition) is 0. The molecule has 0 fully saturated rings. The summed E-state index contributed by atoms with van der Waals surface area (Å²) in [7, 11) is 0. The number of aromatic nitrogens is 2. The average molecular weight is 293 g/mol. The summed E-state index contributed by atoms with van der Waals surface area (Å²) in [5.74, 6) is 0. The minimum atomic E-state index is 0.173. The molecule has 0 aliphatic carbocycles. The Bertz CT molecular complexity index is 566. The zero-order valence-corrected chi connectivity index (χ0v) is 13.7. The smallest absolute Gasteiger partial charge is 0.0703 e. The molecule has 2 rings (SSSR count). The van der Waals surface area contributed by atoms with E-state index in [4.69, 9.17) is 16.7 Å². The van der Waals surface area contributed by atoms with Crippen LogP contribution in [0, 0.1) is 5.41 Å². The molecule has 20 heavy (non-hydrogen) atoms. The molecule has 0 saturated carbocycles. The van der Waals surface area contributed by atoms with Gasteiger partial charge in [0.15, 0.2) is 0 Å². The predicted octanol–water partition coefficient (Wildman–Crippen LogP) is 5.03. The lowest BCUT2D eigenvalue weighted by Gasteiger charge is -2.24. The van der Waals surface area contributed by atoms with Crippen molar-refractivity contribution in [2.24, 2.45) is 5.41 Å². The van der Waals surface area contributed by atoms with E-state index in [0.717, 1.165) is 25.8 Å². The third-order valence-electron chi connectivity index (χ3n) is 3.84. The van der Waals surface area contributed by atoms with Crippen molar-refractivity contribution in [1.29, 1.82) is 0 Å². The third kappa shape index (κ3) is 3.35. The molecule has 0 amide bonds. The molecule has 2 nitrogen and oxygen atoms in total. The molecule has 110 valence electrons. The number of alkyl halides is 1. The summed E-state index contributed by atoms with van der Waals surface area (Å²) >= 11 is 6.45. The summed E-state index contributed by atoms with van der Waals surface area (Å²) in [6.07, 6.45) is 3.14. The highest BCUT2D eigenvalue weighted by atomic mass is 35.5. The van der Waals surface area contributed by atoms with Gasteiger partial charge >= 0.3 is 0 Å². The van der Waals surface area contributed by atoms with Crippen LogP contribution in [0.5, 0.6) is 0 Å². The van der Waals surface area contributed by atoms with Crippen LogP contribution < -0.4 is 0 Å². The second kappa shape index (κ2) is 6.17. The van der Waals surface area contributed by atoms with Gasteiger partial charge in [0, 0.05) is 17.3 Å². The summed E-state index contributed by atoms with van der Waals surface area (Å²) < 4.78 is 2.09. The molecule has 0 aliphatic rings. The van der Waals surface area contributed by atoms with E-state index in [9.17, 15) is 0 Å². The molecule has 0 N–H and O–H groups in total. The summed E-state index contributed by atoms with van der Waals surface area (Å²) in [5, 5.41) is 6.25. The summed E-state index contributed by atoms with van der Waals surface area (Å²) in [6.45, 7) is 9.65. The number of rotatable bonds is 5. The average Bonchev–Trinajstić information content (AvgIpc) is 2.76. The van der Waals surface area contributed by atoms with Gasteiger partial charge in [-0.05, 0) is 37.7 Å². The highest BCUT2D eigenvalue weighted by molar-refractivity contribution is 6.21. The molecular weight excluding hydrogens is 268 g/mol. The van der Waals surface area contributed by atoms with E-state index in [2.05, 4.69) is 56.6 Å². The zero-order chi connectivity index (χ0) is 14.8. The molecule has 1 unspecified atom stereocenters. The summed E-state index contributed by atoms with van der Waals surface area (Å²) in [5.41, 5.74) is 2.62. The predicted molar refractivity (Wildman–Crippen MR) is 87.4 cm³/mol. The Kier molecular flexibility index (Phi) is 4.74. The molecule has 0 bridgehead atoms. The van der Waals surface area contributed by atoms with E-state index in [-0.39, 0.29) is 10.8 Å². The first-order chi connectivity index (χ1) is 9.43. The van der Waals surface area contributed by atoms with E-state index in [1.54, 1.807) is 0 Å². The Morgan fingerprint density at radius 1 is 1.25 bits per heavy atom. The first-order valence-electron chi connectivity index (χ1n) is 7.52. The van der Waals surface area contributed by atoms with Gasteiger partial charge in [-0.1, -0.05) is 39.0 Å². The van der Waals surface area contributed by atoms with Crippen LogP contribution >= 0.6 is 11.6 Å². The highest BCUT2D eigenvalue weighted by Crippen LogP contribution is 2.29. The van der Waals surface area contributed by atoms with Crippen molar-refractivity contribution in [1.82, 2.24) is 9.78 Å². The standard InChI is InChI=1S/C17H25ClN2/c1-5-20-15-11-7-6-9-13(15)14(19-20)10-8-12-16(18)17(2,3)4/h6-7,9,11,16H,5,8,10,12H2,1-4H3. The molecular formula is C17H25ClN2. The van der Waals surface area contributed by atoms with E-state index in [1.807, 2.05) is 0 Å². The van der Waals surface area contributed by atoms with Crippen molar-refractivity contribution >= 4 is 22.5 Å². The maximum Gasteiger partial charge on any atom is 0.0703 e. The molecule has 1 aromatic carbocycles. The number of aryl methyl sites for hydroxylation is 2. The van der Waals surface area contributed by atoms with Crippen LogP contribution in [0.1, 0.15) is 46.2 Å². The Labute approximate surface area is 127 Å². The van der Waals surface area contributed by atoms with Crippen molar-refractivity contribution in [2.45, 2.75) is 58.9 Å². The SMILES string of the molecule is CCn1nc(CCCC(Cl)C(C)(C)C)c2ccccc21. The second-order valence-corrected chi connectivity index (χ2v) is 7.03. The molecule has 0 saturated heterocycles. The van der Waals surface area contributed by atoms with Crippen LogP contribution in [0.4, 0.5) is 0 Å². The third-order valence-corrected chi connectivity index (χ3v) is 4.72. The van der Waals surface area contributed by atoms with Crippen molar-refractivity contribution in [2.75, 3.05) is 0 Å². The van der Waals surface area contributed by atoms with E-state index in [0.29, 0.717) is 0 Å². The molecule has 2 aromatic rings. The zero-order valence-electron chi connectivity index (χ0n) is 13.0. The van der Waals surface area contributed by atoms with Gasteiger partial charge in [0.25, 0.3) is 0 Å². The monoisotopic (exact) mass is 292 g/mol. The Morgan fingerprint density at radius 2 is 1.95 bits per heavy atom. The minimum absolute atomic E-state index is 0.173. The van der Waals surface area contributed by atoms with Crippen molar-refractivity contribution in [3.8, 4) is 0 Å². The van der Waals surface area contributed by atoms with Crippen LogP contribution in [0.3, 0.4) is 0 Å². The van der Waals surface area contributed by atoms with Gasteiger partial charge in [0.1, 0.15) is 0 Å². The fourth-order valence-electron chi connectivity index (χ4n) is 2.50. The van der Waals surface area contributed by atoms with E-state index in [1.165, 1.54) is 16.6 Å². The number of para-hydroxylation sites is 1. The van der Waals surface area contributed by atoms with Gasteiger partial charge in [0.05, 0.1) is 11.2 Å². The topological polar surface area (TPSA) is 17.8 Å². The molecule has 0 spiro atoms. The number of nitrogens with zero attached hydrogens (tertiary/aromatic N) is 2. The second-order valence-electron chi connectivity index (χ2n) is 6.51. The first-order valence-corrected chi connectivity index (χ1v) is 7.95. The maximum atomic E-state index is 6.45. The van der Waals surface area contributed by atoms with E-state index >= 15 is 0 Å². The summed E-state index contributed by atoms with van der Waals surface area (Å²) in [6, 6.07) is 8.49. The minimum Gasteiger partial charge on any atom is -0.265 e. The van der Waals surface area contributed by atoms with Gasteiger partial charge in [-0.25, -0.2) is 0 Å². The molecule has 1 heterocycles. The Balaban J connectivity index is 2.07. The number of halogens is 1. The van der Waals surface area contributed by atoms with Crippen molar-refractivity contribution in [3.05, 3.63) is 30.0 Å². The lowest BCUT2D eigenvalue weighted by Crippen LogP contribution is -2.20. The first kappa shape index (κ1) is 15.4.